The van der Waals surface area contributed by atoms with Crippen LogP contribution in [0.2, 0.25) is 5.02 Å². The molecular formula is C10H13ClIN. The number of hydrogen-bond acceptors (Lipinski definition) is 1. The molecule has 0 atom stereocenters. The van der Waals surface area contributed by atoms with Gasteiger partial charge in [0, 0.05) is 10.1 Å². The van der Waals surface area contributed by atoms with Crippen LogP contribution in [0, 0.1) is 9.49 Å². The molecule has 1 aromatic rings. The van der Waals surface area contributed by atoms with Crippen molar-refractivity contribution in [1.82, 2.24) is 0 Å². The molecule has 0 saturated heterocycles. The predicted octanol–water partition coefficient (Wildman–Crippen LogP) is 4.01. The summed E-state index contributed by atoms with van der Waals surface area (Å²) in [7, 11) is 0. The Bertz CT molecular complexity index is 286. The number of nitrogens with one attached hydrogen (secondary N) is 1. The fraction of sp³-hybridized carbons (Fsp3) is 0.400. The third-order valence-corrected chi connectivity index (χ3v) is 2.63. The molecule has 0 spiro atoms. The van der Waals surface area contributed by atoms with Crippen LogP contribution in [0.4, 0.5) is 5.69 Å². The van der Waals surface area contributed by atoms with Crippen molar-refractivity contribution in [3.8, 4) is 0 Å². The van der Waals surface area contributed by atoms with Gasteiger partial charge in [0.15, 0.2) is 0 Å². The molecule has 1 N–H and O–H groups in total. The molecule has 0 bridgehead atoms. The Kier molecular flexibility index (Phi) is 4.32. The van der Waals surface area contributed by atoms with E-state index >= 15 is 0 Å². The summed E-state index contributed by atoms with van der Waals surface area (Å²) >= 11 is 8.29. The van der Waals surface area contributed by atoms with Gasteiger partial charge in [0.25, 0.3) is 0 Å². The normalized spacial score (nSPS) is 10.5. The zero-order chi connectivity index (χ0) is 9.84. The molecular weight excluding hydrogens is 296 g/mol. The lowest BCUT2D eigenvalue weighted by atomic mass is 10.2. The van der Waals surface area contributed by atoms with Crippen molar-refractivity contribution in [3.05, 3.63) is 26.8 Å². The minimum atomic E-state index is 0.633. The second-order valence-electron chi connectivity index (χ2n) is 3.40. The van der Waals surface area contributed by atoms with Crippen LogP contribution in [0.3, 0.4) is 0 Å². The molecule has 3 heteroatoms. The van der Waals surface area contributed by atoms with E-state index in [1.165, 1.54) is 3.57 Å². The molecule has 13 heavy (non-hydrogen) atoms. The summed E-state index contributed by atoms with van der Waals surface area (Å²) in [5.41, 5.74) is 1.03. The fourth-order valence-electron chi connectivity index (χ4n) is 0.947. The third-order valence-electron chi connectivity index (χ3n) is 1.63. The predicted molar refractivity (Wildman–Crippen MR) is 67.5 cm³/mol. The van der Waals surface area contributed by atoms with Crippen molar-refractivity contribution in [2.75, 3.05) is 11.9 Å². The lowest BCUT2D eigenvalue weighted by Crippen LogP contribution is -2.08. The zero-order valence-electron chi connectivity index (χ0n) is 7.77. The first-order valence-corrected chi connectivity index (χ1v) is 5.74. The van der Waals surface area contributed by atoms with Crippen LogP contribution in [0.1, 0.15) is 13.8 Å². The Morgan fingerprint density at radius 1 is 1.46 bits per heavy atom. The average Bonchev–Trinajstić information content (AvgIpc) is 2.06. The minimum absolute atomic E-state index is 0.633. The molecule has 0 aliphatic rings. The van der Waals surface area contributed by atoms with Gasteiger partial charge in [-0.1, -0.05) is 25.4 Å². The van der Waals surface area contributed by atoms with Crippen molar-refractivity contribution in [1.29, 1.82) is 0 Å². The second kappa shape index (κ2) is 5.05. The first-order chi connectivity index (χ1) is 6.09. The van der Waals surface area contributed by atoms with Crippen molar-refractivity contribution in [3.63, 3.8) is 0 Å². The maximum atomic E-state index is 6.01. The van der Waals surface area contributed by atoms with Gasteiger partial charge >= 0.3 is 0 Å². The average molecular weight is 310 g/mol. The van der Waals surface area contributed by atoms with Gasteiger partial charge in [0.2, 0.25) is 0 Å². The molecule has 0 aliphatic heterocycles. The van der Waals surface area contributed by atoms with Gasteiger partial charge in [-0.2, -0.15) is 0 Å². The van der Waals surface area contributed by atoms with Crippen molar-refractivity contribution < 1.29 is 0 Å². The maximum absolute atomic E-state index is 6.01. The van der Waals surface area contributed by atoms with Gasteiger partial charge in [0.1, 0.15) is 0 Å². The molecule has 0 aliphatic carbocycles. The first kappa shape index (κ1) is 11.1. The summed E-state index contributed by atoms with van der Waals surface area (Å²) in [6.07, 6.45) is 0. The molecule has 0 amide bonds. The van der Waals surface area contributed by atoms with Crippen LogP contribution in [0.5, 0.6) is 0 Å². The monoisotopic (exact) mass is 309 g/mol. The van der Waals surface area contributed by atoms with E-state index < -0.39 is 0 Å². The van der Waals surface area contributed by atoms with Crippen LogP contribution < -0.4 is 5.32 Å². The van der Waals surface area contributed by atoms with E-state index in [0.717, 1.165) is 17.3 Å². The smallest absolute Gasteiger partial charge is 0.0638 e. The van der Waals surface area contributed by atoms with Gasteiger partial charge in [0.05, 0.1) is 10.7 Å². The number of anilines is 1. The first-order valence-electron chi connectivity index (χ1n) is 4.28. The molecule has 0 fully saturated rings. The molecule has 1 nitrogen and oxygen atoms in total. The highest BCUT2D eigenvalue weighted by Gasteiger charge is 2.00. The summed E-state index contributed by atoms with van der Waals surface area (Å²) in [6, 6.07) is 5.99. The quantitative estimate of drug-likeness (QED) is 0.832. The van der Waals surface area contributed by atoms with Crippen LogP contribution in [0.15, 0.2) is 18.2 Å². The van der Waals surface area contributed by atoms with Gasteiger partial charge in [-0.15, -0.1) is 0 Å². The molecule has 1 rings (SSSR count). The fourth-order valence-corrected chi connectivity index (χ4v) is 1.62. The van der Waals surface area contributed by atoms with E-state index in [1.807, 2.05) is 12.1 Å². The summed E-state index contributed by atoms with van der Waals surface area (Å²) in [5, 5.41) is 4.11. The largest absolute Gasteiger partial charge is 0.384 e. The molecule has 0 radical (unpaired) electrons. The third kappa shape index (κ3) is 3.73. The molecule has 1 aromatic carbocycles. The number of rotatable bonds is 3. The van der Waals surface area contributed by atoms with Crippen molar-refractivity contribution in [2.24, 2.45) is 5.92 Å². The van der Waals surface area contributed by atoms with Gasteiger partial charge in [-0.05, 0) is 46.7 Å². The number of hydrogen-bond donors (Lipinski definition) is 1. The summed E-state index contributed by atoms with van der Waals surface area (Å²) < 4.78 is 1.20. The SMILES string of the molecule is CC(C)CNc1cc(I)ccc1Cl. The molecule has 72 valence electrons. The highest BCUT2D eigenvalue weighted by Crippen LogP contribution is 2.23. The zero-order valence-corrected chi connectivity index (χ0v) is 10.7. The Morgan fingerprint density at radius 3 is 2.77 bits per heavy atom. The number of halogens is 2. The standard InChI is InChI=1S/C10H13ClIN/c1-7(2)6-13-10-5-8(12)3-4-9(10)11/h3-5,7,13H,6H2,1-2H3. The van der Waals surface area contributed by atoms with E-state index in [1.54, 1.807) is 0 Å². The maximum Gasteiger partial charge on any atom is 0.0638 e. The lowest BCUT2D eigenvalue weighted by Gasteiger charge is -2.10. The highest BCUT2D eigenvalue weighted by molar-refractivity contribution is 14.1. The van der Waals surface area contributed by atoms with E-state index in [9.17, 15) is 0 Å². The van der Waals surface area contributed by atoms with E-state index in [4.69, 9.17) is 11.6 Å². The highest BCUT2D eigenvalue weighted by atomic mass is 127. The van der Waals surface area contributed by atoms with Crippen LogP contribution in [-0.2, 0) is 0 Å². The van der Waals surface area contributed by atoms with Crippen molar-refractivity contribution in [2.45, 2.75) is 13.8 Å². The topological polar surface area (TPSA) is 12.0 Å². The van der Waals surface area contributed by atoms with Gasteiger partial charge < -0.3 is 5.32 Å². The summed E-state index contributed by atoms with van der Waals surface area (Å²) in [4.78, 5) is 0. The minimum Gasteiger partial charge on any atom is -0.384 e. The van der Waals surface area contributed by atoms with Crippen LogP contribution in [-0.4, -0.2) is 6.54 Å². The van der Waals surface area contributed by atoms with Crippen LogP contribution >= 0.6 is 34.2 Å². The second-order valence-corrected chi connectivity index (χ2v) is 5.05. The van der Waals surface area contributed by atoms with Crippen molar-refractivity contribution >= 4 is 39.9 Å². The van der Waals surface area contributed by atoms with Gasteiger partial charge in [-0.3, -0.25) is 0 Å². The molecule has 0 heterocycles. The Hall–Kier alpha value is 0.0400. The lowest BCUT2D eigenvalue weighted by molar-refractivity contribution is 0.689. The van der Waals surface area contributed by atoms with E-state index in [2.05, 4.69) is 47.8 Å². The van der Waals surface area contributed by atoms with Crippen LogP contribution in [0.25, 0.3) is 0 Å². The number of benzene rings is 1. The van der Waals surface area contributed by atoms with E-state index in [0.29, 0.717) is 5.92 Å². The molecule has 0 unspecified atom stereocenters. The Balaban J connectivity index is 2.70. The summed E-state index contributed by atoms with van der Waals surface area (Å²) in [6.45, 7) is 5.31. The Labute approximate surface area is 98.0 Å². The molecule has 0 saturated carbocycles. The summed E-state index contributed by atoms with van der Waals surface area (Å²) in [5.74, 6) is 0.633. The molecule has 0 aromatic heterocycles. The van der Waals surface area contributed by atoms with Gasteiger partial charge in [-0.25, -0.2) is 0 Å². The Morgan fingerprint density at radius 2 is 2.15 bits per heavy atom. The van der Waals surface area contributed by atoms with E-state index in [-0.39, 0.29) is 0 Å².